The molecule has 0 saturated heterocycles. The Morgan fingerprint density at radius 2 is 1.46 bits per heavy atom. The Morgan fingerprint density at radius 1 is 0.833 bits per heavy atom. The van der Waals surface area contributed by atoms with Crippen LogP contribution in [0.4, 0.5) is 5.69 Å². The number of hydroxylamine groups is 1. The molecule has 0 aromatic heterocycles. The van der Waals surface area contributed by atoms with Gasteiger partial charge >= 0.3 is 0 Å². The van der Waals surface area contributed by atoms with E-state index in [0.29, 0.717) is 24.5 Å². The summed E-state index contributed by atoms with van der Waals surface area (Å²) < 4.78 is 5.99. The van der Waals surface area contributed by atoms with Gasteiger partial charge in [0.05, 0.1) is 0 Å². The summed E-state index contributed by atoms with van der Waals surface area (Å²) in [6.45, 7) is 0.326. The molecule has 1 radical (unpaired) electrons. The van der Waals surface area contributed by atoms with Crippen LogP contribution < -0.4 is 9.80 Å². The Morgan fingerprint density at radius 3 is 2.21 bits per heavy atom. The van der Waals surface area contributed by atoms with Gasteiger partial charge in [-0.05, 0) is 23.3 Å². The number of fused-ring (bicyclic) bond motifs is 1. The predicted octanol–water partition coefficient (Wildman–Crippen LogP) is 4.37. The van der Waals surface area contributed by atoms with Crippen molar-refractivity contribution in [1.82, 2.24) is 0 Å². The summed E-state index contributed by atoms with van der Waals surface area (Å²) in [6, 6.07) is 27.4. The van der Waals surface area contributed by atoms with Crippen molar-refractivity contribution in [2.45, 2.75) is 12.0 Å². The number of para-hydroxylation sites is 2. The molecule has 0 aliphatic carbocycles. The zero-order valence-electron chi connectivity index (χ0n) is 13.3. The van der Waals surface area contributed by atoms with E-state index in [1.807, 2.05) is 72.8 Å². The molecule has 3 aromatic rings. The van der Waals surface area contributed by atoms with Crippen LogP contribution >= 0.6 is 0 Å². The highest BCUT2D eigenvalue weighted by atomic mass is 16.5. The molecule has 0 bridgehead atoms. The van der Waals surface area contributed by atoms with Crippen molar-refractivity contribution >= 4 is 5.69 Å². The van der Waals surface area contributed by atoms with E-state index in [9.17, 15) is 5.21 Å². The van der Waals surface area contributed by atoms with E-state index in [0.717, 1.165) is 16.2 Å². The standard InChI is InChI=1S/C21H18NO2/c23-22-19-13-7-8-14-20(19)24-16-21(22,18-11-5-2-6-12-18)15-17-9-3-1-4-10-17/h1-14H,15-16H2. The summed E-state index contributed by atoms with van der Waals surface area (Å²) in [7, 11) is 0. The fraction of sp³-hybridized carbons (Fsp3) is 0.143. The third kappa shape index (κ3) is 2.43. The van der Waals surface area contributed by atoms with Crippen LogP contribution in [0.3, 0.4) is 0 Å². The number of hydrogen-bond donors (Lipinski definition) is 0. The molecule has 1 atom stereocenters. The Balaban J connectivity index is 1.83. The molecule has 0 fully saturated rings. The summed E-state index contributed by atoms with van der Waals surface area (Å²) in [5.74, 6) is 0.645. The molecule has 1 unspecified atom stereocenters. The first kappa shape index (κ1) is 14.8. The second-order valence-corrected chi connectivity index (χ2v) is 6.11. The van der Waals surface area contributed by atoms with Gasteiger partial charge in [0.25, 0.3) is 0 Å². The lowest BCUT2D eigenvalue weighted by Gasteiger charge is -2.43. The summed E-state index contributed by atoms with van der Waals surface area (Å²) in [6.07, 6.45) is 0.593. The molecule has 24 heavy (non-hydrogen) atoms. The molecule has 0 saturated carbocycles. The van der Waals surface area contributed by atoms with Gasteiger partial charge in [-0.1, -0.05) is 78.0 Å². The van der Waals surface area contributed by atoms with Gasteiger partial charge in [-0.3, -0.25) is 0 Å². The van der Waals surface area contributed by atoms with Crippen LogP contribution in [0.2, 0.25) is 0 Å². The molecule has 0 spiro atoms. The van der Waals surface area contributed by atoms with Crippen molar-refractivity contribution in [3.63, 3.8) is 0 Å². The van der Waals surface area contributed by atoms with Crippen molar-refractivity contribution in [1.29, 1.82) is 0 Å². The Hall–Kier alpha value is -2.78. The smallest absolute Gasteiger partial charge is 0.145 e. The first-order chi connectivity index (χ1) is 11.8. The lowest BCUT2D eigenvalue weighted by atomic mass is 9.82. The fourth-order valence-electron chi connectivity index (χ4n) is 3.34. The predicted molar refractivity (Wildman–Crippen MR) is 93.4 cm³/mol. The minimum absolute atomic E-state index is 0.326. The number of ether oxygens (including phenoxy) is 1. The zero-order chi connectivity index (χ0) is 16.4. The molecule has 0 N–H and O–H groups in total. The van der Waals surface area contributed by atoms with Gasteiger partial charge in [0.1, 0.15) is 23.6 Å². The van der Waals surface area contributed by atoms with Crippen LogP contribution in [-0.2, 0) is 17.2 Å². The molecule has 3 aromatic carbocycles. The van der Waals surface area contributed by atoms with E-state index >= 15 is 0 Å². The molecule has 4 rings (SSSR count). The van der Waals surface area contributed by atoms with Crippen molar-refractivity contribution in [2.24, 2.45) is 0 Å². The maximum Gasteiger partial charge on any atom is 0.145 e. The van der Waals surface area contributed by atoms with Gasteiger partial charge in [-0.25, -0.2) is 5.06 Å². The van der Waals surface area contributed by atoms with E-state index < -0.39 is 5.54 Å². The molecule has 3 heteroatoms. The lowest BCUT2D eigenvalue weighted by Crippen LogP contribution is -2.52. The summed E-state index contributed by atoms with van der Waals surface area (Å²) in [5, 5.41) is 14.5. The quantitative estimate of drug-likeness (QED) is 0.719. The van der Waals surface area contributed by atoms with Gasteiger partial charge in [-0.15, -0.1) is 0 Å². The van der Waals surface area contributed by atoms with Gasteiger partial charge in [0, 0.05) is 6.42 Å². The maximum absolute atomic E-state index is 13.4. The Labute approximate surface area is 141 Å². The Bertz CT molecular complexity index is 820. The monoisotopic (exact) mass is 316 g/mol. The number of anilines is 1. The normalized spacial score (nSPS) is 19.5. The van der Waals surface area contributed by atoms with Gasteiger partial charge < -0.3 is 4.74 Å². The first-order valence-electron chi connectivity index (χ1n) is 8.08. The molecule has 1 aliphatic rings. The van der Waals surface area contributed by atoms with E-state index in [-0.39, 0.29) is 0 Å². The third-order valence-electron chi connectivity index (χ3n) is 4.59. The minimum atomic E-state index is -0.767. The van der Waals surface area contributed by atoms with Crippen molar-refractivity contribution in [3.8, 4) is 5.75 Å². The van der Waals surface area contributed by atoms with Crippen LogP contribution in [0, 0.1) is 0 Å². The number of benzene rings is 3. The van der Waals surface area contributed by atoms with E-state index in [4.69, 9.17) is 4.74 Å². The highest BCUT2D eigenvalue weighted by Gasteiger charge is 2.44. The van der Waals surface area contributed by atoms with Crippen molar-refractivity contribution in [3.05, 3.63) is 96.1 Å². The highest BCUT2D eigenvalue weighted by Crippen LogP contribution is 2.43. The molecular formula is C21H18NO2. The van der Waals surface area contributed by atoms with Crippen LogP contribution in [-0.4, -0.2) is 6.61 Å². The van der Waals surface area contributed by atoms with Crippen molar-refractivity contribution < 1.29 is 9.94 Å². The molecular weight excluding hydrogens is 298 g/mol. The van der Waals surface area contributed by atoms with Gasteiger partial charge in [-0.2, -0.15) is 0 Å². The number of rotatable bonds is 3. The van der Waals surface area contributed by atoms with E-state index in [2.05, 4.69) is 12.1 Å². The van der Waals surface area contributed by atoms with Crippen LogP contribution in [0.5, 0.6) is 5.75 Å². The van der Waals surface area contributed by atoms with Crippen molar-refractivity contribution in [2.75, 3.05) is 11.7 Å². The van der Waals surface area contributed by atoms with Crippen LogP contribution in [0.25, 0.3) is 0 Å². The highest BCUT2D eigenvalue weighted by molar-refractivity contribution is 5.61. The van der Waals surface area contributed by atoms with Gasteiger partial charge in [0.15, 0.2) is 0 Å². The molecule has 119 valence electrons. The first-order valence-corrected chi connectivity index (χ1v) is 8.08. The number of hydrogen-bond acceptors (Lipinski definition) is 2. The summed E-state index contributed by atoms with van der Waals surface area (Å²) >= 11 is 0. The van der Waals surface area contributed by atoms with Crippen LogP contribution in [0.15, 0.2) is 84.9 Å². The zero-order valence-corrected chi connectivity index (χ0v) is 13.3. The van der Waals surface area contributed by atoms with Gasteiger partial charge in [0.2, 0.25) is 0 Å². The largest absolute Gasteiger partial charge is 0.488 e. The minimum Gasteiger partial charge on any atom is -0.488 e. The average Bonchev–Trinajstić information content (AvgIpc) is 2.66. The SMILES string of the molecule is [O]N1c2ccccc2OCC1(Cc1ccccc1)c1ccccc1. The maximum atomic E-state index is 13.4. The average molecular weight is 316 g/mol. The molecule has 0 amide bonds. The van der Waals surface area contributed by atoms with E-state index in [1.54, 1.807) is 0 Å². The fourth-order valence-corrected chi connectivity index (χ4v) is 3.34. The third-order valence-corrected chi connectivity index (χ3v) is 4.59. The van der Waals surface area contributed by atoms with E-state index in [1.165, 1.54) is 0 Å². The molecule has 1 aliphatic heterocycles. The van der Waals surface area contributed by atoms with Crippen LogP contribution in [0.1, 0.15) is 11.1 Å². The molecule has 3 nitrogen and oxygen atoms in total. The summed E-state index contributed by atoms with van der Waals surface area (Å²) in [5.41, 5.74) is 1.91. The second kappa shape index (κ2) is 6.02. The molecule has 1 heterocycles. The number of nitrogens with zero attached hydrogens (tertiary/aromatic N) is 1. The Kier molecular flexibility index (Phi) is 3.71. The lowest BCUT2D eigenvalue weighted by molar-refractivity contribution is 0.0300. The topological polar surface area (TPSA) is 32.4 Å². The summed E-state index contributed by atoms with van der Waals surface area (Å²) in [4.78, 5) is 0. The second-order valence-electron chi connectivity index (χ2n) is 6.11.